The van der Waals surface area contributed by atoms with E-state index in [1.54, 1.807) is 0 Å². The van der Waals surface area contributed by atoms with E-state index in [1.165, 1.54) is 7.05 Å². The Balaban J connectivity index is 2.48. The van der Waals surface area contributed by atoms with Gasteiger partial charge in [0.05, 0.1) is 16.3 Å². The van der Waals surface area contributed by atoms with Crippen molar-refractivity contribution >= 4 is 34.9 Å². The zero-order valence-electron chi connectivity index (χ0n) is 9.29. The summed E-state index contributed by atoms with van der Waals surface area (Å²) >= 11 is 5.55. The molecule has 18 heavy (non-hydrogen) atoms. The van der Waals surface area contributed by atoms with E-state index in [9.17, 15) is 18.8 Å². The molecule has 0 saturated heterocycles. The van der Waals surface area contributed by atoms with Crippen LogP contribution in [0.25, 0.3) is 0 Å². The number of amides is 2. The molecule has 0 aromatic heterocycles. The SMILES string of the molecule is CNC(=O)CN1C(=O)C(=O)c2cc(Cl)c(F)cc21. The van der Waals surface area contributed by atoms with Gasteiger partial charge >= 0.3 is 0 Å². The molecule has 2 rings (SSSR count). The molecule has 1 aliphatic heterocycles. The van der Waals surface area contributed by atoms with Crippen LogP contribution in [0.2, 0.25) is 5.02 Å². The van der Waals surface area contributed by atoms with E-state index in [-0.39, 0.29) is 22.8 Å². The van der Waals surface area contributed by atoms with E-state index < -0.39 is 23.4 Å². The molecule has 1 aliphatic rings. The van der Waals surface area contributed by atoms with Crippen molar-refractivity contribution in [3.05, 3.63) is 28.5 Å². The van der Waals surface area contributed by atoms with Crippen LogP contribution in [0.3, 0.4) is 0 Å². The zero-order chi connectivity index (χ0) is 13.4. The van der Waals surface area contributed by atoms with Crippen molar-refractivity contribution in [2.75, 3.05) is 18.5 Å². The number of anilines is 1. The summed E-state index contributed by atoms with van der Waals surface area (Å²) < 4.78 is 13.3. The maximum Gasteiger partial charge on any atom is 0.299 e. The van der Waals surface area contributed by atoms with Crippen LogP contribution >= 0.6 is 11.6 Å². The number of fused-ring (bicyclic) bond motifs is 1. The molecular formula is C11H8ClFN2O3. The van der Waals surface area contributed by atoms with Gasteiger partial charge in [-0.25, -0.2) is 4.39 Å². The van der Waals surface area contributed by atoms with Crippen LogP contribution in [-0.2, 0) is 9.59 Å². The number of carbonyl (C=O) groups is 3. The smallest absolute Gasteiger partial charge is 0.299 e. The minimum atomic E-state index is -0.865. The average molecular weight is 271 g/mol. The third-order valence-corrected chi connectivity index (χ3v) is 2.88. The average Bonchev–Trinajstić information content (AvgIpc) is 2.56. The van der Waals surface area contributed by atoms with Crippen molar-refractivity contribution in [3.63, 3.8) is 0 Å². The molecule has 1 aromatic carbocycles. The molecule has 0 saturated carbocycles. The summed E-state index contributed by atoms with van der Waals surface area (Å²) in [4.78, 5) is 35.5. The second kappa shape index (κ2) is 4.38. The number of hydrogen-bond acceptors (Lipinski definition) is 3. The number of ketones is 1. The summed E-state index contributed by atoms with van der Waals surface area (Å²) in [7, 11) is 1.40. The lowest BCUT2D eigenvalue weighted by atomic mass is 10.1. The molecule has 7 heteroatoms. The number of Topliss-reactive ketones (excluding diaryl/α,β-unsaturated/α-hetero) is 1. The second-order valence-electron chi connectivity index (χ2n) is 3.68. The Bertz CT molecular complexity index is 574. The molecule has 0 aliphatic carbocycles. The highest BCUT2D eigenvalue weighted by Crippen LogP contribution is 2.32. The number of likely N-dealkylation sites (N-methyl/N-ethyl adjacent to an activating group) is 1. The Kier molecular flexibility index (Phi) is 3.04. The molecule has 2 amide bonds. The van der Waals surface area contributed by atoms with Gasteiger partial charge in [-0.3, -0.25) is 19.3 Å². The topological polar surface area (TPSA) is 66.5 Å². The van der Waals surface area contributed by atoms with Gasteiger partial charge in [0.15, 0.2) is 0 Å². The predicted molar refractivity (Wildman–Crippen MR) is 62.2 cm³/mol. The Morgan fingerprint density at radius 2 is 2.11 bits per heavy atom. The number of halogens is 2. The van der Waals surface area contributed by atoms with Crippen molar-refractivity contribution in [2.45, 2.75) is 0 Å². The second-order valence-corrected chi connectivity index (χ2v) is 4.08. The molecule has 1 N–H and O–H groups in total. The summed E-state index contributed by atoms with van der Waals surface area (Å²) in [5, 5.41) is 2.08. The maximum absolute atomic E-state index is 13.3. The van der Waals surface area contributed by atoms with Crippen LogP contribution in [0.1, 0.15) is 10.4 Å². The summed E-state index contributed by atoms with van der Waals surface area (Å²) in [6.07, 6.45) is 0. The third kappa shape index (κ3) is 1.84. The highest BCUT2D eigenvalue weighted by molar-refractivity contribution is 6.53. The lowest BCUT2D eigenvalue weighted by Gasteiger charge is -2.15. The van der Waals surface area contributed by atoms with E-state index in [1.807, 2.05) is 0 Å². The Labute approximate surface area is 107 Å². The molecule has 0 fully saturated rings. The first-order valence-electron chi connectivity index (χ1n) is 5.01. The molecule has 94 valence electrons. The van der Waals surface area contributed by atoms with Gasteiger partial charge in [-0.15, -0.1) is 0 Å². The van der Waals surface area contributed by atoms with Crippen molar-refractivity contribution in [3.8, 4) is 0 Å². The number of hydrogen-bond donors (Lipinski definition) is 1. The van der Waals surface area contributed by atoms with Crippen LogP contribution in [-0.4, -0.2) is 31.2 Å². The highest BCUT2D eigenvalue weighted by atomic mass is 35.5. The van der Waals surface area contributed by atoms with E-state index in [4.69, 9.17) is 11.6 Å². The van der Waals surface area contributed by atoms with Crippen molar-refractivity contribution in [2.24, 2.45) is 0 Å². The van der Waals surface area contributed by atoms with Gasteiger partial charge in [0, 0.05) is 7.05 Å². The fourth-order valence-corrected chi connectivity index (χ4v) is 1.83. The lowest BCUT2D eigenvalue weighted by Crippen LogP contribution is -2.38. The number of benzene rings is 1. The van der Waals surface area contributed by atoms with Gasteiger partial charge < -0.3 is 5.32 Å². The Morgan fingerprint density at radius 3 is 2.72 bits per heavy atom. The van der Waals surface area contributed by atoms with Crippen LogP contribution in [0.5, 0.6) is 0 Å². The lowest BCUT2D eigenvalue weighted by molar-refractivity contribution is -0.121. The molecule has 1 aromatic rings. The largest absolute Gasteiger partial charge is 0.358 e. The predicted octanol–water partition coefficient (Wildman–Crippen LogP) is 0.754. The first-order valence-corrected chi connectivity index (χ1v) is 5.39. The number of nitrogens with zero attached hydrogens (tertiary/aromatic N) is 1. The summed E-state index contributed by atoms with van der Waals surface area (Å²) in [6.45, 7) is -0.338. The standard InChI is InChI=1S/C11H8ClFN2O3/c1-14-9(16)4-15-8-3-7(13)6(12)2-5(8)10(17)11(15)18/h2-3H,4H2,1H3,(H,14,16). The molecule has 0 radical (unpaired) electrons. The van der Waals surface area contributed by atoms with E-state index in [0.29, 0.717) is 0 Å². The number of carbonyl (C=O) groups excluding carboxylic acids is 3. The van der Waals surface area contributed by atoms with Gasteiger partial charge in [-0.05, 0) is 12.1 Å². The highest BCUT2D eigenvalue weighted by Gasteiger charge is 2.37. The zero-order valence-corrected chi connectivity index (χ0v) is 10.0. The van der Waals surface area contributed by atoms with Gasteiger partial charge in [-0.2, -0.15) is 0 Å². The first kappa shape index (κ1) is 12.5. The molecule has 5 nitrogen and oxygen atoms in total. The van der Waals surface area contributed by atoms with Gasteiger partial charge in [0.1, 0.15) is 12.4 Å². The fourth-order valence-electron chi connectivity index (χ4n) is 1.67. The van der Waals surface area contributed by atoms with E-state index in [2.05, 4.69) is 5.32 Å². The third-order valence-electron chi connectivity index (χ3n) is 2.59. The molecule has 0 atom stereocenters. The molecule has 0 bridgehead atoms. The monoisotopic (exact) mass is 270 g/mol. The van der Waals surface area contributed by atoms with E-state index >= 15 is 0 Å². The minimum Gasteiger partial charge on any atom is -0.358 e. The van der Waals surface area contributed by atoms with Gasteiger partial charge in [-0.1, -0.05) is 11.6 Å². The molecule has 1 heterocycles. The summed E-state index contributed by atoms with van der Waals surface area (Å²) in [5.41, 5.74) is 0.0748. The van der Waals surface area contributed by atoms with Crippen molar-refractivity contribution in [1.29, 1.82) is 0 Å². The van der Waals surface area contributed by atoms with Crippen LogP contribution in [0.15, 0.2) is 12.1 Å². The van der Waals surface area contributed by atoms with Gasteiger partial charge in [0.25, 0.3) is 11.7 Å². The maximum atomic E-state index is 13.3. The Hall–Kier alpha value is -1.95. The Morgan fingerprint density at radius 1 is 1.44 bits per heavy atom. The summed E-state index contributed by atoms with van der Waals surface area (Å²) in [6, 6.07) is 2.07. The van der Waals surface area contributed by atoms with Crippen molar-refractivity contribution in [1.82, 2.24) is 5.32 Å². The first-order chi connectivity index (χ1) is 8.45. The van der Waals surface area contributed by atoms with Crippen LogP contribution in [0, 0.1) is 5.82 Å². The molecule has 0 unspecified atom stereocenters. The van der Waals surface area contributed by atoms with Crippen LogP contribution < -0.4 is 10.2 Å². The fraction of sp³-hybridized carbons (Fsp3) is 0.182. The van der Waals surface area contributed by atoms with Crippen molar-refractivity contribution < 1.29 is 18.8 Å². The van der Waals surface area contributed by atoms with Crippen LogP contribution in [0.4, 0.5) is 10.1 Å². The normalized spacial score (nSPS) is 13.8. The number of nitrogens with one attached hydrogen (secondary N) is 1. The number of rotatable bonds is 2. The van der Waals surface area contributed by atoms with E-state index in [0.717, 1.165) is 17.0 Å². The molecular weight excluding hydrogens is 263 g/mol. The molecule has 0 spiro atoms. The van der Waals surface area contributed by atoms with Gasteiger partial charge in [0.2, 0.25) is 5.91 Å². The quantitative estimate of drug-likeness (QED) is 0.807. The minimum absolute atomic E-state index is 0.00954. The summed E-state index contributed by atoms with van der Waals surface area (Å²) in [5.74, 6) is -2.87.